The van der Waals surface area contributed by atoms with Crippen molar-refractivity contribution in [1.82, 2.24) is 4.57 Å². The maximum absolute atomic E-state index is 3.71. The van der Waals surface area contributed by atoms with Crippen molar-refractivity contribution >= 4 is 18.2 Å². The van der Waals surface area contributed by atoms with E-state index in [0.29, 0.717) is 0 Å². The van der Waals surface area contributed by atoms with Crippen molar-refractivity contribution in [2.45, 2.75) is 27.2 Å². The highest BCUT2D eigenvalue weighted by atomic mass is 14.9. The van der Waals surface area contributed by atoms with E-state index in [1.807, 2.05) is 12.2 Å². The fraction of sp³-hybridized carbons (Fsp3) is 0.333. The average Bonchev–Trinajstić information content (AvgIpc) is 2.50. The lowest BCUT2D eigenvalue weighted by atomic mass is 10.2. The SMILES string of the molecule is C=C/C=C\c1c(C)c(=C/C)/c(=C\CC)n1C. The van der Waals surface area contributed by atoms with Gasteiger partial charge in [0.2, 0.25) is 0 Å². The van der Waals surface area contributed by atoms with Gasteiger partial charge in [0.15, 0.2) is 0 Å². The summed E-state index contributed by atoms with van der Waals surface area (Å²) >= 11 is 0. The van der Waals surface area contributed by atoms with Crippen LogP contribution in [0.5, 0.6) is 0 Å². The van der Waals surface area contributed by atoms with Crippen LogP contribution in [0, 0.1) is 6.92 Å². The Kier molecular flexibility index (Phi) is 4.36. The van der Waals surface area contributed by atoms with Gasteiger partial charge in [0.1, 0.15) is 0 Å². The van der Waals surface area contributed by atoms with Crippen LogP contribution in [0.1, 0.15) is 31.5 Å². The molecule has 0 amide bonds. The Morgan fingerprint density at radius 3 is 2.56 bits per heavy atom. The van der Waals surface area contributed by atoms with Gasteiger partial charge < -0.3 is 4.57 Å². The molecule has 16 heavy (non-hydrogen) atoms. The molecule has 0 bridgehead atoms. The third kappa shape index (κ3) is 2.19. The van der Waals surface area contributed by atoms with Crippen LogP contribution < -0.4 is 10.6 Å². The lowest BCUT2D eigenvalue weighted by Gasteiger charge is -1.98. The molecule has 0 aliphatic carbocycles. The van der Waals surface area contributed by atoms with Gasteiger partial charge in [0, 0.05) is 18.1 Å². The third-order valence-corrected chi connectivity index (χ3v) is 2.86. The first-order valence-electron chi connectivity index (χ1n) is 5.78. The van der Waals surface area contributed by atoms with E-state index < -0.39 is 0 Å². The molecule has 0 saturated heterocycles. The molecule has 1 heteroatoms. The summed E-state index contributed by atoms with van der Waals surface area (Å²) in [5.74, 6) is 0. The molecule has 1 aromatic rings. The zero-order valence-corrected chi connectivity index (χ0v) is 10.7. The van der Waals surface area contributed by atoms with E-state index in [4.69, 9.17) is 0 Å². The van der Waals surface area contributed by atoms with Crippen LogP contribution in [-0.4, -0.2) is 4.57 Å². The summed E-state index contributed by atoms with van der Waals surface area (Å²) in [6.45, 7) is 10.1. The number of rotatable bonds is 3. The Bertz CT molecular complexity index is 513. The molecule has 1 nitrogen and oxygen atoms in total. The zero-order chi connectivity index (χ0) is 12.1. The van der Waals surface area contributed by atoms with Gasteiger partial charge in [0.25, 0.3) is 0 Å². The molecule has 0 aliphatic rings. The van der Waals surface area contributed by atoms with E-state index in [1.54, 1.807) is 0 Å². The van der Waals surface area contributed by atoms with Crippen molar-refractivity contribution in [3.05, 3.63) is 40.6 Å². The topological polar surface area (TPSA) is 4.93 Å². The van der Waals surface area contributed by atoms with Crippen molar-refractivity contribution in [3.8, 4) is 0 Å². The van der Waals surface area contributed by atoms with Gasteiger partial charge in [-0.25, -0.2) is 0 Å². The molecule has 0 saturated carbocycles. The number of hydrogen-bond acceptors (Lipinski definition) is 0. The minimum absolute atomic E-state index is 1.06. The van der Waals surface area contributed by atoms with E-state index in [9.17, 15) is 0 Å². The van der Waals surface area contributed by atoms with Crippen LogP contribution in [0.2, 0.25) is 0 Å². The summed E-state index contributed by atoms with van der Waals surface area (Å²) in [7, 11) is 2.12. The van der Waals surface area contributed by atoms with E-state index in [0.717, 1.165) is 6.42 Å². The average molecular weight is 215 g/mol. The van der Waals surface area contributed by atoms with Gasteiger partial charge >= 0.3 is 0 Å². The van der Waals surface area contributed by atoms with Gasteiger partial charge in [-0.15, -0.1) is 0 Å². The predicted molar refractivity (Wildman–Crippen MR) is 73.5 cm³/mol. The number of hydrogen-bond donors (Lipinski definition) is 0. The normalized spacial score (nSPS) is 14.0. The molecule has 1 heterocycles. The molecule has 0 aliphatic heterocycles. The van der Waals surface area contributed by atoms with Crippen molar-refractivity contribution in [1.29, 1.82) is 0 Å². The van der Waals surface area contributed by atoms with E-state index in [2.05, 4.69) is 57.2 Å². The first kappa shape index (κ1) is 12.6. The zero-order valence-electron chi connectivity index (χ0n) is 10.7. The van der Waals surface area contributed by atoms with Crippen molar-refractivity contribution in [3.63, 3.8) is 0 Å². The highest BCUT2D eigenvalue weighted by Crippen LogP contribution is 2.03. The fourth-order valence-corrected chi connectivity index (χ4v) is 2.09. The van der Waals surface area contributed by atoms with Crippen LogP contribution in [0.4, 0.5) is 0 Å². The second kappa shape index (κ2) is 5.55. The van der Waals surface area contributed by atoms with Crippen LogP contribution in [-0.2, 0) is 7.05 Å². The van der Waals surface area contributed by atoms with Crippen molar-refractivity contribution < 1.29 is 0 Å². The molecular weight excluding hydrogens is 194 g/mol. The Balaban J connectivity index is 3.62. The summed E-state index contributed by atoms with van der Waals surface area (Å²) in [6.07, 6.45) is 11.4. The Morgan fingerprint density at radius 1 is 1.38 bits per heavy atom. The number of allylic oxidation sites excluding steroid dienone is 2. The third-order valence-electron chi connectivity index (χ3n) is 2.86. The number of nitrogens with zero attached hydrogens (tertiary/aromatic N) is 1. The Hall–Kier alpha value is -1.50. The lowest BCUT2D eigenvalue weighted by molar-refractivity contribution is 0.871. The molecule has 1 rings (SSSR count). The largest absolute Gasteiger partial charge is 0.344 e. The first-order valence-corrected chi connectivity index (χ1v) is 5.78. The van der Waals surface area contributed by atoms with Crippen LogP contribution >= 0.6 is 0 Å². The fourth-order valence-electron chi connectivity index (χ4n) is 2.09. The summed E-state index contributed by atoms with van der Waals surface area (Å²) in [5.41, 5.74) is 2.59. The molecule has 0 unspecified atom stereocenters. The minimum atomic E-state index is 1.06. The predicted octanol–water partition coefficient (Wildman–Crippen LogP) is 2.52. The van der Waals surface area contributed by atoms with E-state index in [-0.39, 0.29) is 0 Å². The van der Waals surface area contributed by atoms with Crippen LogP contribution in [0.25, 0.3) is 18.2 Å². The van der Waals surface area contributed by atoms with Gasteiger partial charge in [-0.05, 0) is 37.1 Å². The monoisotopic (exact) mass is 215 g/mol. The van der Waals surface area contributed by atoms with Crippen LogP contribution in [0.3, 0.4) is 0 Å². The molecule has 0 spiro atoms. The van der Waals surface area contributed by atoms with Crippen molar-refractivity contribution in [2.24, 2.45) is 7.05 Å². The maximum atomic E-state index is 3.71. The minimum Gasteiger partial charge on any atom is -0.344 e. The van der Waals surface area contributed by atoms with Gasteiger partial charge in [0.05, 0.1) is 0 Å². The molecule has 1 aromatic heterocycles. The Labute approximate surface area is 98.1 Å². The second-order valence-electron chi connectivity index (χ2n) is 3.86. The van der Waals surface area contributed by atoms with E-state index >= 15 is 0 Å². The molecule has 0 radical (unpaired) electrons. The molecule has 0 fully saturated rings. The molecule has 86 valence electrons. The van der Waals surface area contributed by atoms with E-state index in [1.165, 1.54) is 21.8 Å². The number of aromatic nitrogens is 1. The molecule has 0 N–H and O–H groups in total. The van der Waals surface area contributed by atoms with Gasteiger partial charge in [-0.1, -0.05) is 37.8 Å². The van der Waals surface area contributed by atoms with Crippen molar-refractivity contribution in [2.75, 3.05) is 0 Å². The molecular formula is C15H21N. The lowest BCUT2D eigenvalue weighted by Crippen LogP contribution is -2.28. The second-order valence-corrected chi connectivity index (χ2v) is 3.86. The Morgan fingerprint density at radius 2 is 2.06 bits per heavy atom. The first-order chi connectivity index (χ1) is 7.67. The van der Waals surface area contributed by atoms with Gasteiger partial charge in [-0.3, -0.25) is 0 Å². The summed E-state index contributed by atoms with van der Waals surface area (Å²) in [6, 6.07) is 0. The summed E-state index contributed by atoms with van der Waals surface area (Å²) in [4.78, 5) is 0. The standard InChI is InChI=1S/C15H21N/c1-6-9-11-14-12(4)13(8-3)15(10-7-2)16(14)5/h6,8-11H,1,7H2,2-5H3/b11-9-,13-8-,15-10+. The highest BCUT2D eigenvalue weighted by Gasteiger charge is 2.04. The van der Waals surface area contributed by atoms with Crippen LogP contribution in [0.15, 0.2) is 18.7 Å². The maximum Gasteiger partial charge on any atom is 0.0444 e. The molecule has 0 aromatic carbocycles. The highest BCUT2D eigenvalue weighted by molar-refractivity contribution is 5.54. The summed E-state index contributed by atoms with van der Waals surface area (Å²) < 4.78 is 2.24. The van der Waals surface area contributed by atoms with Gasteiger partial charge in [-0.2, -0.15) is 0 Å². The quantitative estimate of drug-likeness (QED) is 0.683. The molecule has 0 atom stereocenters. The smallest absolute Gasteiger partial charge is 0.0444 e. The summed E-state index contributed by atoms with van der Waals surface area (Å²) in [5, 5.41) is 2.65.